The molecule has 0 aliphatic carbocycles. The Morgan fingerprint density at radius 1 is 0.0965 bits per heavy atom. The number of hydrogen-bond acceptors (Lipinski definition) is 0. The van der Waals surface area contributed by atoms with Gasteiger partial charge in [0.2, 0.25) is 0 Å². The number of hydrogen-bond donors (Lipinski definition) is 0. The summed E-state index contributed by atoms with van der Waals surface area (Å²) in [5, 5.41) is 0. The van der Waals surface area contributed by atoms with E-state index in [9.17, 15) is 0 Å². The molecule has 0 N–H and O–H groups in total. The van der Waals surface area contributed by atoms with Crippen LogP contribution in [0.15, 0.2) is 473 Å². The second-order valence-electron chi connectivity index (χ2n) is 28.8. The average molecular weight is 1470 g/mol. The summed E-state index contributed by atoms with van der Waals surface area (Å²) < 4.78 is 0. The molecule has 0 heterocycles. The van der Waals surface area contributed by atoms with E-state index in [-0.39, 0.29) is 0 Å². The number of rotatable bonds is 12. The lowest BCUT2D eigenvalue weighted by Gasteiger charge is -2.09. The Balaban J connectivity index is 0.000000119. The zero-order chi connectivity index (χ0) is 78.5. The van der Waals surface area contributed by atoms with Gasteiger partial charge in [0.1, 0.15) is 0 Å². The Hall–Kier alpha value is -14.0. The highest BCUT2D eigenvalue weighted by Crippen LogP contribution is 2.34. The van der Waals surface area contributed by atoms with Gasteiger partial charge < -0.3 is 0 Å². The monoisotopic (exact) mass is 1460 g/mol. The largest absolute Gasteiger partial charge is 0.0622 e. The van der Waals surface area contributed by atoms with E-state index >= 15 is 0 Å². The summed E-state index contributed by atoms with van der Waals surface area (Å²) in [4.78, 5) is 0. The van der Waals surface area contributed by atoms with E-state index in [1.165, 1.54) is 167 Å². The Morgan fingerprint density at radius 3 is 0.561 bits per heavy atom. The lowest BCUT2D eigenvalue weighted by molar-refractivity contribution is 1.45. The molecule has 552 valence electrons. The molecule has 0 nitrogen and oxygen atoms in total. The SMILES string of the molecule is Cc1cc(-c2ccccc2)cc(-c2ccccc2)c1.Cc1cc(-c2ccccc2)ccc1-c1ccccc1.Cc1ccc(-c2ccc(-c3ccccc3)cc2)cc1.Cc1ccc(-c2cccc(-c3ccccc3)c2)cc1.Cc1cccc(-c2ccc(-c3ccccc3)cc2)c1.Cc1cccc(-c2cccc(-c3ccccc3)c2)c1. The van der Waals surface area contributed by atoms with Crippen molar-refractivity contribution in [3.05, 3.63) is 507 Å². The quantitative estimate of drug-likeness (QED) is 0.114. The molecule has 0 radical (unpaired) electrons. The van der Waals surface area contributed by atoms with Gasteiger partial charge in [-0.1, -0.05) is 477 Å². The molecule has 0 saturated carbocycles. The van der Waals surface area contributed by atoms with Crippen LogP contribution in [0.25, 0.3) is 134 Å². The van der Waals surface area contributed by atoms with Gasteiger partial charge >= 0.3 is 0 Å². The van der Waals surface area contributed by atoms with E-state index < -0.39 is 0 Å². The Kier molecular flexibility index (Phi) is 27.4. The van der Waals surface area contributed by atoms with Crippen LogP contribution >= 0.6 is 0 Å². The smallest absolute Gasteiger partial charge is 0.0154 e. The summed E-state index contributed by atoms with van der Waals surface area (Å²) in [6, 6.07) is 167. The normalized spacial score (nSPS) is 10.4. The summed E-state index contributed by atoms with van der Waals surface area (Å²) in [7, 11) is 0. The molecule has 0 unspecified atom stereocenters. The molecule has 0 fully saturated rings. The van der Waals surface area contributed by atoms with Gasteiger partial charge in [0, 0.05) is 0 Å². The van der Waals surface area contributed by atoms with Crippen LogP contribution < -0.4 is 0 Å². The van der Waals surface area contributed by atoms with E-state index in [4.69, 9.17) is 0 Å². The summed E-state index contributed by atoms with van der Waals surface area (Å²) in [5.41, 5.74) is 38.2. The molecule has 0 bridgehead atoms. The fourth-order valence-corrected chi connectivity index (χ4v) is 13.9. The van der Waals surface area contributed by atoms with E-state index in [2.05, 4.69) is 490 Å². The fraction of sp³-hybridized carbons (Fsp3) is 0.0526. The summed E-state index contributed by atoms with van der Waals surface area (Å²) in [6.45, 7) is 12.8. The van der Waals surface area contributed by atoms with Crippen molar-refractivity contribution in [1.82, 2.24) is 0 Å². The van der Waals surface area contributed by atoms with Crippen LogP contribution in [-0.4, -0.2) is 0 Å². The minimum Gasteiger partial charge on any atom is -0.0622 e. The number of benzene rings is 18. The highest BCUT2D eigenvalue weighted by atomic mass is 14.1. The maximum atomic E-state index is 2.26. The summed E-state index contributed by atoms with van der Waals surface area (Å²) in [6.07, 6.45) is 0. The molecular weight excluding hydrogens is 1370 g/mol. The van der Waals surface area contributed by atoms with E-state index in [1.807, 2.05) is 24.3 Å². The molecule has 114 heavy (non-hydrogen) atoms. The molecule has 0 spiro atoms. The predicted molar refractivity (Wildman–Crippen MR) is 492 cm³/mol. The van der Waals surface area contributed by atoms with Crippen LogP contribution in [0.3, 0.4) is 0 Å². The third kappa shape index (κ3) is 22.4. The molecule has 18 rings (SSSR count). The minimum absolute atomic E-state index is 1.26. The van der Waals surface area contributed by atoms with Crippen molar-refractivity contribution in [3.8, 4) is 134 Å². The molecule has 0 saturated heterocycles. The molecule has 0 heteroatoms. The zero-order valence-corrected chi connectivity index (χ0v) is 66.0. The summed E-state index contributed by atoms with van der Waals surface area (Å²) >= 11 is 0. The lowest BCUT2D eigenvalue weighted by Crippen LogP contribution is -1.85. The van der Waals surface area contributed by atoms with Crippen LogP contribution in [-0.2, 0) is 0 Å². The molecular formula is C114H96. The molecule has 0 amide bonds. The molecule has 0 aromatic heterocycles. The van der Waals surface area contributed by atoms with Crippen molar-refractivity contribution in [2.75, 3.05) is 0 Å². The van der Waals surface area contributed by atoms with Gasteiger partial charge in [-0.2, -0.15) is 0 Å². The Bertz CT molecular complexity index is 5860. The maximum absolute atomic E-state index is 2.26. The first-order valence-electron chi connectivity index (χ1n) is 39.3. The fourth-order valence-electron chi connectivity index (χ4n) is 13.9. The third-order valence-electron chi connectivity index (χ3n) is 20.1. The van der Waals surface area contributed by atoms with Crippen molar-refractivity contribution >= 4 is 0 Å². The van der Waals surface area contributed by atoms with Crippen molar-refractivity contribution in [2.24, 2.45) is 0 Å². The van der Waals surface area contributed by atoms with Gasteiger partial charge in [-0.05, 0) is 204 Å². The van der Waals surface area contributed by atoms with Gasteiger partial charge in [-0.15, -0.1) is 0 Å². The molecule has 0 aliphatic rings. The van der Waals surface area contributed by atoms with Crippen LogP contribution in [0.1, 0.15) is 33.4 Å². The first kappa shape index (κ1) is 78.1. The van der Waals surface area contributed by atoms with Gasteiger partial charge in [0.15, 0.2) is 0 Å². The van der Waals surface area contributed by atoms with E-state index in [1.54, 1.807) is 0 Å². The van der Waals surface area contributed by atoms with E-state index in [0.29, 0.717) is 0 Å². The Labute approximate surface area is 677 Å². The van der Waals surface area contributed by atoms with Gasteiger partial charge in [-0.3, -0.25) is 0 Å². The Morgan fingerprint density at radius 2 is 0.272 bits per heavy atom. The van der Waals surface area contributed by atoms with Gasteiger partial charge in [-0.25, -0.2) is 0 Å². The van der Waals surface area contributed by atoms with Crippen LogP contribution in [0, 0.1) is 41.5 Å². The second kappa shape index (κ2) is 40.1. The zero-order valence-electron chi connectivity index (χ0n) is 66.0. The van der Waals surface area contributed by atoms with Gasteiger partial charge in [0.05, 0.1) is 0 Å². The highest BCUT2D eigenvalue weighted by molar-refractivity contribution is 5.79. The van der Waals surface area contributed by atoms with Crippen molar-refractivity contribution in [2.45, 2.75) is 41.5 Å². The number of aryl methyl sites for hydroxylation is 6. The van der Waals surface area contributed by atoms with Crippen LogP contribution in [0.4, 0.5) is 0 Å². The maximum Gasteiger partial charge on any atom is -0.0154 e. The van der Waals surface area contributed by atoms with Crippen molar-refractivity contribution < 1.29 is 0 Å². The van der Waals surface area contributed by atoms with E-state index in [0.717, 1.165) is 0 Å². The molecule has 18 aromatic carbocycles. The highest BCUT2D eigenvalue weighted by Gasteiger charge is 2.09. The first-order chi connectivity index (χ1) is 56.0. The predicted octanol–water partition coefficient (Wildman–Crippen LogP) is 32.0. The molecule has 18 aromatic rings. The average Bonchev–Trinajstić information content (AvgIpc) is 0.816. The minimum atomic E-state index is 1.26. The third-order valence-corrected chi connectivity index (χ3v) is 20.1. The lowest BCUT2D eigenvalue weighted by atomic mass is 9.96. The van der Waals surface area contributed by atoms with Crippen LogP contribution in [0.2, 0.25) is 0 Å². The topological polar surface area (TPSA) is 0 Å². The second-order valence-corrected chi connectivity index (χ2v) is 28.8. The first-order valence-corrected chi connectivity index (χ1v) is 39.3. The summed E-state index contributed by atoms with van der Waals surface area (Å²) in [5.74, 6) is 0. The van der Waals surface area contributed by atoms with Crippen molar-refractivity contribution in [3.63, 3.8) is 0 Å². The van der Waals surface area contributed by atoms with Gasteiger partial charge in [0.25, 0.3) is 0 Å². The molecule has 0 aliphatic heterocycles. The van der Waals surface area contributed by atoms with Crippen molar-refractivity contribution in [1.29, 1.82) is 0 Å². The molecule has 0 atom stereocenters. The van der Waals surface area contributed by atoms with Crippen LogP contribution in [0.5, 0.6) is 0 Å². The standard InChI is InChI=1S/6C19H16/c1-15-12-18(16-8-4-2-5-9-16)14-19(13-15)17-10-6-3-7-11-17;1-15-14-18(16-8-4-2-5-9-16)12-13-19(15)17-10-6-3-7-11-17;1-15-7-5-10-17(13-15)19-12-6-11-18(14-19)16-8-3-2-4-9-16;1-15-6-5-9-19(14-15)18-12-10-17(11-13-18)16-7-3-2-4-8-16;1-15-10-12-17(13-11-15)19-9-5-8-18(14-19)16-6-3-2-4-7-16;1-15-7-9-17(10-8-15)19-13-11-18(12-14-19)16-5-3-2-4-6-16/h6*2-14H,1H3.